The minimum absolute atomic E-state index is 0. The molecule has 0 spiro atoms. The molecule has 1 aromatic rings. The van der Waals surface area contributed by atoms with Crippen molar-refractivity contribution in [3.63, 3.8) is 0 Å². The Morgan fingerprint density at radius 2 is 2.06 bits per heavy atom. The molecule has 0 bridgehead atoms. The first kappa shape index (κ1) is 18.8. The summed E-state index contributed by atoms with van der Waals surface area (Å²) in [5.74, 6) is -1.14. The van der Waals surface area contributed by atoms with Crippen molar-refractivity contribution in [3.8, 4) is 0 Å². The molecule has 0 amide bonds. The van der Waals surface area contributed by atoms with Gasteiger partial charge in [0.25, 0.3) is 0 Å². The number of carboxylic acid groups (broad SMARTS) is 1. The standard InChI is InChI=1S/C9H11NO2.CH3Cl2N.ClH/c1-2-3-8-6-7(9(11)12)4-5-10-8;1-4(2)3;/h4-6H,2-3H2,1H3,(H,11,12);1H3;1H/p-1. The van der Waals surface area contributed by atoms with Crippen molar-refractivity contribution in [3.05, 3.63) is 29.6 Å². The molecule has 0 N–H and O–H groups in total. The molecular formula is C10H14Cl3N2O2-. The fourth-order valence-electron chi connectivity index (χ4n) is 0.998. The van der Waals surface area contributed by atoms with Gasteiger partial charge in [0, 0.05) is 24.5 Å². The number of halogens is 3. The van der Waals surface area contributed by atoms with Crippen LogP contribution in [-0.2, 0) is 6.42 Å². The van der Waals surface area contributed by atoms with Crippen LogP contribution in [0.5, 0.6) is 0 Å². The fourth-order valence-corrected chi connectivity index (χ4v) is 0.998. The Balaban J connectivity index is 0. The molecule has 0 aliphatic rings. The van der Waals surface area contributed by atoms with E-state index in [0.717, 1.165) is 22.5 Å². The van der Waals surface area contributed by atoms with Gasteiger partial charge >= 0.3 is 0 Å². The second-order valence-corrected chi connectivity index (χ2v) is 4.16. The largest absolute Gasteiger partial charge is 0.545 e. The lowest BCUT2D eigenvalue weighted by molar-refractivity contribution is -0.255. The molecule has 1 rings (SSSR count). The van der Waals surface area contributed by atoms with E-state index in [4.69, 9.17) is 23.6 Å². The SMILES string of the molecule is CCCc1cc(C(=O)[O-])ccn1.CN(Cl)Cl.Cl. The van der Waals surface area contributed by atoms with E-state index in [0.29, 0.717) is 0 Å². The van der Waals surface area contributed by atoms with Crippen LogP contribution in [0.2, 0.25) is 0 Å². The van der Waals surface area contributed by atoms with Gasteiger partial charge in [0.1, 0.15) is 0 Å². The van der Waals surface area contributed by atoms with E-state index in [9.17, 15) is 9.90 Å². The quantitative estimate of drug-likeness (QED) is 0.802. The summed E-state index contributed by atoms with van der Waals surface area (Å²) in [7, 11) is 1.53. The molecular weight excluding hydrogens is 286 g/mol. The predicted octanol–water partition coefficient (Wildman–Crippen LogP) is 2.05. The zero-order chi connectivity index (χ0) is 12.6. The molecule has 7 heteroatoms. The summed E-state index contributed by atoms with van der Waals surface area (Å²) in [4.78, 5) is 14.4. The topological polar surface area (TPSA) is 56.3 Å². The number of nitrogens with zero attached hydrogens (tertiary/aromatic N) is 2. The van der Waals surface area contributed by atoms with E-state index in [-0.39, 0.29) is 18.0 Å². The Bertz CT molecular complexity index is 332. The van der Waals surface area contributed by atoms with Gasteiger partial charge in [-0.25, -0.2) is 0 Å². The molecule has 98 valence electrons. The van der Waals surface area contributed by atoms with Crippen LogP contribution in [0.3, 0.4) is 0 Å². The number of carbonyl (C=O) groups is 1. The summed E-state index contributed by atoms with van der Waals surface area (Å²) < 4.78 is 0.944. The highest BCUT2D eigenvalue weighted by Crippen LogP contribution is 2.02. The number of hydrogen-bond donors (Lipinski definition) is 0. The number of hydrogen-bond acceptors (Lipinski definition) is 4. The Hall–Kier alpha value is -0.550. The highest BCUT2D eigenvalue weighted by molar-refractivity contribution is 6.33. The van der Waals surface area contributed by atoms with Crippen LogP contribution in [0.1, 0.15) is 29.4 Å². The summed E-state index contributed by atoms with van der Waals surface area (Å²) in [6.07, 6.45) is 3.26. The molecule has 17 heavy (non-hydrogen) atoms. The average Bonchev–Trinajstić information content (AvgIpc) is 2.17. The summed E-state index contributed by atoms with van der Waals surface area (Å²) in [6.45, 7) is 2.02. The number of carbonyl (C=O) groups excluding carboxylic acids is 1. The van der Waals surface area contributed by atoms with Crippen molar-refractivity contribution in [2.45, 2.75) is 19.8 Å². The molecule has 0 atom stereocenters. The first-order chi connectivity index (χ1) is 7.47. The van der Waals surface area contributed by atoms with Gasteiger partial charge in [-0.1, -0.05) is 13.3 Å². The highest BCUT2D eigenvalue weighted by Gasteiger charge is 1.96. The Morgan fingerprint density at radius 1 is 1.53 bits per heavy atom. The van der Waals surface area contributed by atoms with Crippen LogP contribution >= 0.6 is 36.0 Å². The second-order valence-electron chi connectivity index (χ2n) is 2.98. The molecule has 0 saturated heterocycles. The summed E-state index contributed by atoms with van der Waals surface area (Å²) >= 11 is 9.75. The smallest absolute Gasteiger partial charge is 0.0716 e. The average molecular weight is 301 g/mol. The maximum Gasteiger partial charge on any atom is 0.0716 e. The minimum atomic E-state index is -1.14. The third kappa shape index (κ3) is 10.3. The molecule has 1 aromatic heterocycles. The molecule has 0 aliphatic heterocycles. The van der Waals surface area contributed by atoms with E-state index in [2.05, 4.69) is 4.98 Å². The Labute approximate surface area is 117 Å². The summed E-state index contributed by atoms with van der Waals surface area (Å²) in [5.41, 5.74) is 1.01. The lowest BCUT2D eigenvalue weighted by Gasteiger charge is -2.03. The number of rotatable bonds is 3. The zero-order valence-electron chi connectivity index (χ0n) is 9.52. The number of aryl methyl sites for hydroxylation is 1. The van der Waals surface area contributed by atoms with Crippen LogP contribution in [0.15, 0.2) is 18.3 Å². The van der Waals surface area contributed by atoms with Crippen LogP contribution < -0.4 is 5.11 Å². The van der Waals surface area contributed by atoms with Gasteiger partial charge in [-0.3, -0.25) is 4.98 Å². The van der Waals surface area contributed by atoms with E-state index in [1.54, 1.807) is 6.07 Å². The number of aromatic nitrogens is 1. The van der Waals surface area contributed by atoms with Crippen LogP contribution in [0.4, 0.5) is 0 Å². The maximum absolute atomic E-state index is 10.4. The Kier molecular flexibility index (Phi) is 11.7. The highest BCUT2D eigenvalue weighted by atomic mass is 35.5. The maximum atomic E-state index is 10.4. The normalized spacial score (nSPS) is 9.00. The molecule has 0 fully saturated rings. The van der Waals surface area contributed by atoms with Gasteiger partial charge in [-0.05, 0) is 42.1 Å². The van der Waals surface area contributed by atoms with E-state index in [1.807, 2.05) is 6.92 Å². The summed E-state index contributed by atoms with van der Waals surface area (Å²) in [6, 6.07) is 2.99. The van der Waals surface area contributed by atoms with Crippen molar-refractivity contribution in [2.24, 2.45) is 0 Å². The number of pyridine rings is 1. The molecule has 4 nitrogen and oxygen atoms in total. The monoisotopic (exact) mass is 299 g/mol. The summed E-state index contributed by atoms with van der Waals surface area (Å²) in [5, 5.41) is 10.4. The van der Waals surface area contributed by atoms with E-state index >= 15 is 0 Å². The van der Waals surface area contributed by atoms with Gasteiger partial charge < -0.3 is 9.90 Å². The van der Waals surface area contributed by atoms with Gasteiger partial charge in [0.15, 0.2) is 0 Å². The lowest BCUT2D eigenvalue weighted by atomic mass is 10.2. The molecule has 0 aliphatic carbocycles. The molecule has 0 aromatic carbocycles. The van der Waals surface area contributed by atoms with Crippen LogP contribution in [0, 0.1) is 0 Å². The van der Waals surface area contributed by atoms with Crippen molar-refractivity contribution >= 4 is 41.9 Å². The van der Waals surface area contributed by atoms with Crippen molar-refractivity contribution in [2.75, 3.05) is 7.05 Å². The Morgan fingerprint density at radius 3 is 2.47 bits per heavy atom. The van der Waals surface area contributed by atoms with Crippen LogP contribution in [0.25, 0.3) is 0 Å². The van der Waals surface area contributed by atoms with Crippen LogP contribution in [-0.4, -0.2) is 21.9 Å². The second kappa shape index (κ2) is 10.6. The number of aromatic carboxylic acids is 1. The first-order valence-electron chi connectivity index (χ1n) is 4.69. The fraction of sp³-hybridized carbons (Fsp3) is 0.400. The first-order valence-corrected chi connectivity index (χ1v) is 5.36. The third-order valence-electron chi connectivity index (χ3n) is 1.56. The van der Waals surface area contributed by atoms with Crippen molar-refractivity contribution in [1.82, 2.24) is 8.92 Å². The van der Waals surface area contributed by atoms with Gasteiger partial charge in [-0.15, -0.1) is 16.3 Å². The third-order valence-corrected chi connectivity index (χ3v) is 1.56. The van der Waals surface area contributed by atoms with Crippen molar-refractivity contribution < 1.29 is 9.90 Å². The van der Waals surface area contributed by atoms with Gasteiger partial charge in [-0.2, -0.15) is 0 Å². The minimum Gasteiger partial charge on any atom is -0.545 e. The molecule has 1 heterocycles. The van der Waals surface area contributed by atoms with E-state index < -0.39 is 5.97 Å². The lowest BCUT2D eigenvalue weighted by Crippen LogP contribution is -2.22. The zero-order valence-corrected chi connectivity index (χ0v) is 11.8. The molecule has 0 saturated carbocycles. The molecule has 0 unspecified atom stereocenters. The molecule has 0 radical (unpaired) electrons. The van der Waals surface area contributed by atoms with Gasteiger partial charge in [0.05, 0.1) is 5.97 Å². The van der Waals surface area contributed by atoms with Gasteiger partial charge in [0.2, 0.25) is 0 Å². The number of carboxylic acids is 1. The van der Waals surface area contributed by atoms with E-state index in [1.165, 1.54) is 19.3 Å². The predicted molar refractivity (Wildman–Crippen MR) is 69.3 cm³/mol. The van der Waals surface area contributed by atoms with Crippen molar-refractivity contribution in [1.29, 1.82) is 0 Å².